The van der Waals surface area contributed by atoms with Gasteiger partial charge in [0.15, 0.2) is 11.6 Å². The van der Waals surface area contributed by atoms with Crippen LogP contribution in [0, 0.1) is 19.7 Å². The molecule has 2 aromatic carbocycles. The molecule has 0 atom stereocenters. The summed E-state index contributed by atoms with van der Waals surface area (Å²) in [6, 6.07) is 14.0. The molecule has 0 unspecified atom stereocenters. The molecule has 0 saturated carbocycles. The van der Waals surface area contributed by atoms with Gasteiger partial charge < -0.3 is 14.4 Å². The maximum absolute atomic E-state index is 15.5. The molecular weight excluding hydrogens is 605 g/mol. The summed E-state index contributed by atoms with van der Waals surface area (Å²) >= 11 is 0. The molecule has 248 valence electrons. The molecule has 1 aliphatic heterocycles. The first kappa shape index (κ1) is 33.0. The highest BCUT2D eigenvalue weighted by molar-refractivity contribution is 6.01. The normalized spacial score (nSPS) is 12.9. The number of aromatic nitrogens is 5. The molecule has 4 aromatic heterocycles. The molecule has 0 spiro atoms. The van der Waals surface area contributed by atoms with Crippen molar-refractivity contribution in [3.63, 3.8) is 0 Å². The number of halogens is 1. The molecule has 9 heteroatoms. The SMILES string of the molecule is CC(=O)Cc1c(C)nc2c(cc(-c3ccnc(-c4ccc5cnn(C)c5c4)c3)n2C)c1-c1cc(F)c2c(c1C)CCCO2.CC(C)(C)O. The van der Waals surface area contributed by atoms with E-state index in [1.807, 2.05) is 51.1 Å². The number of carbonyl (C=O) groups is 1. The molecule has 0 amide bonds. The van der Waals surface area contributed by atoms with Crippen LogP contribution in [0.2, 0.25) is 0 Å². The summed E-state index contributed by atoms with van der Waals surface area (Å²) in [4.78, 5) is 22.1. The number of aryl methyl sites for hydroxylation is 3. The van der Waals surface area contributed by atoms with E-state index >= 15 is 4.39 Å². The first-order chi connectivity index (χ1) is 22.7. The van der Waals surface area contributed by atoms with Gasteiger partial charge in [0.25, 0.3) is 0 Å². The van der Waals surface area contributed by atoms with Crippen LogP contribution >= 0.6 is 0 Å². The molecule has 0 aliphatic carbocycles. The van der Waals surface area contributed by atoms with Crippen molar-refractivity contribution in [3.05, 3.63) is 83.1 Å². The molecule has 7 rings (SSSR count). The number of fused-ring (bicyclic) bond motifs is 3. The molecule has 1 aliphatic rings. The third kappa shape index (κ3) is 6.34. The molecule has 1 N–H and O–H groups in total. The van der Waals surface area contributed by atoms with Crippen LogP contribution in [0.25, 0.3) is 55.6 Å². The van der Waals surface area contributed by atoms with Gasteiger partial charge in [-0.3, -0.25) is 14.5 Å². The monoisotopic (exact) mass is 647 g/mol. The summed E-state index contributed by atoms with van der Waals surface area (Å²) in [5, 5.41) is 14.8. The van der Waals surface area contributed by atoms with Crippen LogP contribution in [0.15, 0.2) is 54.9 Å². The predicted octanol–water partition coefficient (Wildman–Crippen LogP) is 7.85. The van der Waals surface area contributed by atoms with Crippen molar-refractivity contribution in [2.24, 2.45) is 14.1 Å². The Balaban J connectivity index is 0.000000749. The van der Waals surface area contributed by atoms with Crippen LogP contribution in [0.5, 0.6) is 5.75 Å². The fourth-order valence-corrected chi connectivity index (χ4v) is 6.50. The maximum Gasteiger partial charge on any atom is 0.165 e. The van der Waals surface area contributed by atoms with E-state index in [0.717, 1.165) is 90.8 Å². The van der Waals surface area contributed by atoms with Gasteiger partial charge in [-0.15, -0.1) is 0 Å². The molecule has 0 saturated heterocycles. The van der Waals surface area contributed by atoms with E-state index in [4.69, 9.17) is 14.8 Å². The highest BCUT2D eigenvalue weighted by Gasteiger charge is 2.26. The number of hydrogen-bond acceptors (Lipinski definition) is 6. The largest absolute Gasteiger partial charge is 0.490 e. The minimum absolute atomic E-state index is 0.0326. The highest BCUT2D eigenvalue weighted by atomic mass is 19.1. The van der Waals surface area contributed by atoms with Gasteiger partial charge in [0, 0.05) is 59.9 Å². The Bertz CT molecular complexity index is 2200. The van der Waals surface area contributed by atoms with E-state index in [2.05, 4.69) is 45.0 Å². The van der Waals surface area contributed by atoms with Crippen molar-refractivity contribution in [1.82, 2.24) is 24.3 Å². The van der Waals surface area contributed by atoms with Crippen molar-refractivity contribution in [1.29, 1.82) is 0 Å². The third-order valence-corrected chi connectivity index (χ3v) is 8.71. The Morgan fingerprint density at radius 3 is 2.54 bits per heavy atom. The second-order valence-corrected chi connectivity index (χ2v) is 13.7. The number of Topliss-reactive ketones (excluding diaryl/α,β-unsaturated/α-hetero) is 1. The second-order valence-electron chi connectivity index (χ2n) is 13.7. The molecule has 5 heterocycles. The Morgan fingerprint density at radius 1 is 1.06 bits per heavy atom. The number of ether oxygens (including phenoxy) is 1. The molecule has 48 heavy (non-hydrogen) atoms. The zero-order valence-corrected chi connectivity index (χ0v) is 28.9. The van der Waals surface area contributed by atoms with Crippen LogP contribution < -0.4 is 4.74 Å². The topological polar surface area (TPSA) is 95.1 Å². The lowest BCUT2D eigenvalue weighted by Crippen LogP contribution is -2.13. The molecule has 0 radical (unpaired) electrons. The quantitative estimate of drug-likeness (QED) is 0.205. The molecule has 0 fully saturated rings. The number of aliphatic hydroxyl groups is 1. The highest BCUT2D eigenvalue weighted by Crippen LogP contribution is 2.43. The van der Waals surface area contributed by atoms with Crippen molar-refractivity contribution < 1.29 is 19.0 Å². The molecule has 6 aromatic rings. The van der Waals surface area contributed by atoms with E-state index in [1.165, 1.54) is 0 Å². The average molecular weight is 648 g/mol. The summed E-state index contributed by atoms with van der Waals surface area (Å²) in [7, 11) is 3.93. The zero-order valence-electron chi connectivity index (χ0n) is 28.9. The number of nitrogens with zero attached hydrogens (tertiary/aromatic N) is 5. The van der Waals surface area contributed by atoms with Gasteiger partial charge in [-0.1, -0.05) is 12.1 Å². The number of rotatable bonds is 5. The number of hydrogen-bond donors (Lipinski definition) is 1. The van der Waals surface area contributed by atoms with Crippen LogP contribution in [-0.4, -0.2) is 47.4 Å². The lowest BCUT2D eigenvalue weighted by Gasteiger charge is -2.23. The maximum atomic E-state index is 15.5. The van der Waals surface area contributed by atoms with Crippen molar-refractivity contribution in [2.75, 3.05) is 6.61 Å². The van der Waals surface area contributed by atoms with Gasteiger partial charge in [-0.2, -0.15) is 5.10 Å². The Kier molecular flexibility index (Phi) is 8.68. The van der Waals surface area contributed by atoms with Crippen LogP contribution in [0.1, 0.15) is 56.5 Å². The van der Waals surface area contributed by atoms with E-state index in [1.54, 1.807) is 33.8 Å². The summed E-state index contributed by atoms with van der Waals surface area (Å²) in [5.74, 6) is 0.0160. The Hall–Kier alpha value is -4.89. The van der Waals surface area contributed by atoms with Gasteiger partial charge in [-0.25, -0.2) is 9.37 Å². The first-order valence-corrected chi connectivity index (χ1v) is 16.3. The smallest absolute Gasteiger partial charge is 0.165 e. The summed E-state index contributed by atoms with van der Waals surface area (Å²) < 4.78 is 25.2. The van der Waals surface area contributed by atoms with Crippen molar-refractivity contribution in [2.45, 2.75) is 66.4 Å². The number of benzene rings is 2. The van der Waals surface area contributed by atoms with Gasteiger partial charge in [0.2, 0.25) is 0 Å². The van der Waals surface area contributed by atoms with Crippen LogP contribution in [-0.2, 0) is 31.7 Å². The van der Waals surface area contributed by atoms with Gasteiger partial charge in [-0.05, 0) is 107 Å². The fraction of sp³-hybridized carbons (Fsp3) is 0.333. The lowest BCUT2D eigenvalue weighted by molar-refractivity contribution is -0.116. The second kappa shape index (κ2) is 12.6. The van der Waals surface area contributed by atoms with E-state index in [0.29, 0.717) is 12.4 Å². The first-order valence-electron chi connectivity index (χ1n) is 16.3. The van der Waals surface area contributed by atoms with Gasteiger partial charge >= 0.3 is 0 Å². The third-order valence-electron chi connectivity index (χ3n) is 8.71. The van der Waals surface area contributed by atoms with Crippen molar-refractivity contribution >= 4 is 27.7 Å². The lowest BCUT2D eigenvalue weighted by atomic mass is 9.87. The number of carbonyl (C=O) groups excluding carboxylic acids is 1. The minimum Gasteiger partial charge on any atom is -0.490 e. The average Bonchev–Trinajstić information content (AvgIpc) is 3.57. The van der Waals surface area contributed by atoms with Crippen LogP contribution in [0.3, 0.4) is 0 Å². The summed E-state index contributed by atoms with van der Waals surface area (Å²) in [6.45, 7) is 11.3. The standard InChI is InChI=1S/C35H32FN5O2.C4H10O/c1-19(42)13-27-21(3)39-35-28(33(27)26-16-29(36)34-25(20(26)2)7-6-12-43-34)17-31(40(35)4)23-10-11-37-30(14-23)22-8-9-24-18-38-41(5)32(24)15-22;1-4(2,3)5/h8-11,14-18H,6-7,12-13H2,1-5H3;5H,1-3H3. The summed E-state index contributed by atoms with van der Waals surface area (Å²) in [6.07, 6.45) is 5.49. The fourth-order valence-electron chi connectivity index (χ4n) is 6.50. The van der Waals surface area contributed by atoms with Crippen LogP contribution in [0.4, 0.5) is 4.39 Å². The molecule has 0 bridgehead atoms. The number of pyridine rings is 2. The number of ketones is 1. The molecule has 8 nitrogen and oxygen atoms in total. The predicted molar refractivity (Wildman–Crippen MR) is 189 cm³/mol. The van der Waals surface area contributed by atoms with E-state index < -0.39 is 5.60 Å². The minimum atomic E-state index is -0.500. The van der Waals surface area contributed by atoms with E-state index in [9.17, 15) is 4.79 Å². The summed E-state index contributed by atoms with van der Waals surface area (Å²) in [5.41, 5.74) is 10.2. The molecular formula is C39H42FN5O3. The van der Waals surface area contributed by atoms with E-state index in [-0.39, 0.29) is 18.0 Å². The Morgan fingerprint density at radius 2 is 1.81 bits per heavy atom. The zero-order chi connectivity index (χ0) is 34.5. The van der Waals surface area contributed by atoms with Crippen molar-refractivity contribution in [3.8, 4) is 39.4 Å². The van der Waals surface area contributed by atoms with Gasteiger partial charge in [0.05, 0.1) is 35.3 Å². The Labute approximate surface area is 280 Å². The van der Waals surface area contributed by atoms with Gasteiger partial charge in [0.1, 0.15) is 11.4 Å².